The van der Waals surface area contributed by atoms with Crippen molar-refractivity contribution in [1.29, 1.82) is 0 Å². The van der Waals surface area contributed by atoms with Gasteiger partial charge in [-0.2, -0.15) is 0 Å². The Kier molecular flexibility index (Phi) is 9.81. The molecule has 0 saturated heterocycles. The number of allylic oxidation sites excluding steroid dienone is 10. The lowest BCUT2D eigenvalue weighted by molar-refractivity contribution is 0.450. The van der Waals surface area contributed by atoms with Gasteiger partial charge in [-0.05, 0) is 176 Å². The van der Waals surface area contributed by atoms with E-state index in [1.54, 1.807) is 0 Å². The molecule has 0 aromatic heterocycles. The summed E-state index contributed by atoms with van der Waals surface area (Å²) in [5.41, 5.74) is 15.3. The van der Waals surface area contributed by atoms with Crippen LogP contribution in [0.5, 0.6) is 0 Å². The molecule has 3 aliphatic rings. The third-order valence-corrected chi connectivity index (χ3v) is 13.6. The lowest BCUT2D eigenvalue weighted by atomic mass is 9.66. The van der Waals surface area contributed by atoms with Gasteiger partial charge in [0.05, 0.1) is 0 Å². The molecule has 0 N–H and O–H groups in total. The van der Waals surface area contributed by atoms with Crippen LogP contribution >= 0.6 is 0 Å². The van der Waals surface area contributed by atoms with Crippen molar-refractivity contribution in [3.05, 3.63) is 229 Å². The quantitative estimate of drug-likeness (QED) is 0.141. The number of rotatable bonds is 8. The second-order valence-corrected chi connectivity index (χ2v) is 18.2. The fraction of sp³-hybridized carbons (Fsp3) is 0.148. The number of hydrogen-bond acceptors (Lipinski definition) is 2. The van der Waals surface area contributed by atoms with E-state index in [0.717, 1.165) is 42.7 Å². The zero-order valence-corrected chi connectivity index (χ0v) is 36.4. The molecule has 0 spiro atoms. The molecule has 0 bridgehead atoms. The molecule has 0 heterocycles. The summed E-state index contributed by atoms with van der Waals surface area (Å²) in [6, 6.07) is 62.9. The molecular formula is C61H52N2. The van der Waals surface area contributed by atoms with Crippen LogP contribution in [0.4, 0.5) is 28.4 Å². The summed E-state index contributed by atoms with van der Waals surface area (Å²) >= 11 is 0. The number of fused-ring (bicyclic) bond motifs is 3. The molecule has 0 aliphatic heterocycles. The predicted octanol–water partition coefficient (Wildman–Crippen LogP) is 17.4. The van der Waals surface area contributed by atoms with Gasteiger partial charge in [-0.15, -0.1) is 0 Å². The molecule has 11 rings (SSSR count). The summed E-state index contributed by atoms with van der Waals surface area (Å²) in [5, 5.41) is 7.58. The Hall–Kier alpha value is -7.16. The summed E-state index contributed by atoms with van der Waals surface area (Å²) in [4.78, 5) is 4.89. The van der Waals surface area contributed by atoms with Gasteiger partial charge in [0.15, 0.2) is 0 Å². The van der Waals surface area contributed by atoms with Crippen LogP contribution in [0.1, 0.15) is 52.0 Å². The van der Waals surface area contributed by atoms with E-state index in [-0.39, 0.29) is 5.41 Å². The van der Waals surface area contributed by atoms with E-state index in [9.17, 15) is 0 Å². The minimum absolute atomic E-state index is 0.0233. The number of anilines is 5. The fourth-order valence-electron chi connectivity index (χ4n) is 10.6. The predicted molar refractivity (Wildman–Crippen MR) is 270 cm³/mol. The molecule has 0 radical (unpaired) electrons. The number of nitrogens with zero attached hydrogens (tertiary/aromatic N) is 2. The summed E-state index contributed by atoms with van der Waals surface area (Å²) in [6.45, 7) is 7.31. The van der Waals surface area contributed by atoms with Crippen molar-refractivity contribution in [1.82, 2.24) is 0 Å². The standard InChI is InChI=1S/C61H52N2/c1-42-19-18-30-58-55(42)38-46(41-61(58,2)3)60-54-36-34-51(62(47-22-8-4-9-23-47)48-24-10-5-11-25-48)39-56(54)59(45-32-31-43-20-16-17-21-44(43)37-45)53-35-33-52(40-57(53)60)63(49-26-12-6-13-27-49)50-28-14-7-15-29-50/h4-14,16-18,20-28,30-40,42H,15,19,29,41H2,1-3H3. The van der Waals surface area contributed by atoms with Crippen molar-refractivity contribution in [2.45, 2.75) is 46.5 Å². The van der Waals surface area contributed by atoms with Crippen LogP contribution in [-0.4, -0.2) is 0 Å². The molecule has 2 heteroatoms. The van der Waals surface area contributed by atoms with Crippen LogP contribution in [0.2, 0.25) is 0 Å². The van der Waals surface area contributed by atoms with Crippen LogP contribution in [-0.2, 0) is 0 Å². The molecule has 0 saturated carbocycles. The molecule has 8 aromatic rings. The topological polar surface area (TPSA) is 6.48 Å². The number of benzene rings is 8. The first-order valence-corrected chi connectivity index (χ1v) is 22.7. The van der Waals surface area contributed by atoms with Gasteiger partial charge in [-0.3, -0.25) is 0 Å². The summed E-state index contributed by atoms with van der Waals surface area (Å²) in [5.74, 6) is 0.460. The zero-order chi connectivity index (χ0) is 42.5. The van der Waals surface area contributed by atoms with Gasteiger partial charge in [0.2, 0.25) is 0 Å². The molecule has 0 fully saturated rings. The van der Waals surface area contributed by atoms with Crippen molar-refractivity contribution in [3.63, 3.8) is 0 Å². The maximum Gasteiger partial charge on any atom is 0.0468 e. The van der Waals surface area contributed by atoms with Gasteiger partial charge < -0.3 is 9.80 Å². The smallest absolute Gasteiger partial charge is 0.0468 e. The Bertz CT molecular complexity index is 3160. The number of hydrogen-bond donors (Lipinski definition) is 0. The van der Waals surface area contributed by atoms with Gasteiger partial charge in [-0.1, -0.05) is 154 Å². The molecule has 1 unspecified atom stereocenters. The van der Waals surface area contributed by atoms with E-state index < -0.39 is 0 Å². The van der Waals surface area contributed by atoms with Gasteiger partial charge in [0.1, 0.15) is 0 Å². The molecule has 1 atom stereocenters. The molecule has 0 amide bonds. The van der Waals surface area contributed by atoms with Crippen LogP contribution in [0.25, 0.3) is 49.0 Å². The van der Waals surface area contributed by atoms with E-state index in [1.807, 2.05) is 0 Å². The van der Waals surface area contributed by atoms with Crippen molar-refractivity contribution in [2.24, 2.45) is 11.3 Å². The molecular weight excluding hydrogens is 761 g/mol. The Morgan fingerprint density at radius 3 is 1.76 bits per heavy atom. The average Bonchev–Trinajstić information content (AvgIpc) is 3.32. The Morgan fingerprint density at radius 2 is 1.11 bits per heavy atom. The highest BCUT2D eigenvalue weighted by Crippen LogP contribution is 2.53. The molecule has 8 aromatic carbocycles. The Balaban J connectivity index is 1.26. The van der Waals surface area contributed by atoms with Crippen molar-refractivity contribution < 1.29 is 0 Å². The minimum Gasteiger partial charge on any atom is -0.314 e. The first-order chi connectivity index (χ1) is 30.9. The Morgan fingerprint density at radius 1 is 0.524 bits per heavy atom. The SMILES string of the molecule is CC1CC=CC2=C1C=C(c1c3cc(N(C4=CC=CCC4)c4ccccc4)ccc3c(-c3ccc4ccccc4c3)c3cc(N(c4ccccc4)c4ccccc4)ccc13)CC2(C)C. The number of para-hydroxylation sites is 3. The summed E-state index contributed by atoms with van der Waals surface area (Å²) < 4.78 is 0. The third-order valence-electron chi connectivity index (χ3n) is 13.6. The first-order valence-electron chi connectivity index (χ1n) is 22.7. The maximum atomic E-state index is 2.59. The average molecular weight is 813 g/mol. The van der Waals surface area contributed by atoms with Gasteiger partial charge in [-0.25, -0.2) is 0 Å². The maximum absolute atomic E-state index is 2.59. The van der Waals surface area contributed by atoms with Crippen molar-refractivity contribution in [2.75, 3.05) is 9.80 Å². The zero-order valence-electron chi connectivity index (χ0n) is 36.4. The highest BCUT2D eigenvalue weighted by atomic mass is 15.2. The monoisotopic (exact) mass is 812 g/mol. The molecule has 306 valence electrons. The minimum atomic E-state index is -0.0233. The van der Waals surface area contributed by atoms with Crippen molar-refractivity contribution >= 4 is 66.3 Å². The highest BCUT2D eigenvalue weighted by molar-refractivity contribution is 6.20. The molecule has 63 heavy (non-hydrogen) atoms. The summed E-state index contributed by atoms with van der Waals surface area (Å²) in [6.07, 6.45) is 18.2. The van der Waals surface area contributed by atoms with Crippen molar-refractivity contribution in [3.8, 4) is 11.1 Å². The second kappa shape index (κ2) is 15.9. The summed E-state index contributed by atoms with van der Waals surface area (Å²) in [7, 11) is 0. The fourth-order valence-corrected chi connectivity index (χ4v) is 10.6. The van der Waals surface area contributed by atoms with Gasteiger partial charge in [0.25, 0.3) is 0 Å². The normalized spacial score (nSPS) is 16.8. The van der Waals surface area contributed by atoms with E-state index in [2.05, 4.69) is 237 Å². The Labute approximate surface area is 372 Å². The second-order valence-electron chi connectivity index (χ2n) is 18.2. The van der Waals surface area contributed by atoms with Crippen LogP contribution < -0.4 is 9.80 Å². The largest absolute Gasteiger partial charge is 0.314 e. The lowest BCUT2D eigenvalue weighted by Gasteiger charge is -2.38. The van der Waals surface area contributed by atoms with E-state index in [4.69, 9.17) is 0 Å². The van der Waals surface area contributed by atoms with Gasteiger partial charge >= 0.3 is 0 Å². The van der Waals surface area contributed by atoms with E-state index >= 15 is 0 Å². The lowest BCUT2D eigenvalue weighted by Crippen LogP contribution is -2.23. The molecule has 3 aliphatic carbocycles. The highest BCUT2D eigenvalue weighted by Gasteiger charge is 2.34. The molecule has 2 nitrogen and oxygen atoms in total. The van der Waals surface area contributed by atoms with Crippen LogP contribution in [0.3, 0.4) is 0 Å². The first kappa shape index (κ1) is 38.7. The third kappa shape index (κ3) is 7.01. The van der Waals surface area contributed by atoms with Crippen LogP contribution in [0.15, 0.2) is 223 Å². The van der Waals surface area contributed by atoms with Gasteiger partial charge in [0, 0.05) is 34.1 Å². The van der Waals surface area contributed by atoms with E-state index in [0.29, 0.717) is 5.92 Å². The van der Waals surface area contributed by atoms with Crippen LogP contribution in [0, 0.1) is 11.3 Å². The van der Waals surface area contributed by atoms with E-state index in [1.165, 1.54) is 82.8 Å².